The topological polar surface area (TPSA) is 83.4 Å². The van der Waals surface area contributed by atoms with Gasteiger partial charge in [0, 0.05) is 24.0 Å². The first-order valence-electron chi connectivity index (χ1n) is 10.3. The van der Waals surface area contributed by atoms with Crippen LogP contribution in [0.3, 0.4) is 0 Å². The van der Waals surface area contributed by atoms with E-state index in [2.05, 4.69) is 25.4 Å². The summed E-state index contributed by atoms with van der Waals surface area (Å²) in [6.07, 6.45) is 1.77. The number of benzene rings is 1. The summed E-state index contributed by atoms with van der Waals surface area (Å²) in [6.45, 7) is 4.70. The molecule has 0 unspecified atom stereocenters. The summed E-state index contributed by atoms with van der Waals surface area (Å²) in [5, 5.41) is 21.1. The van der Waals surface area contributed by atoms with Gasteiger partial charge in [-0.05, 0) is 26.0 Å². The molecule has 1 aliphatic heterocycles. The Balaban J connectivity index is 1.70. The molecule has 3 heterocycles. The molecule has 2 aromatic heterocycles. The number of ether oxygens (including phenoxy) is 1. The standard InChI is InChI=1S/C22H24F3N5O2/c1-13(16-4-3-5-18(19(16)23)22(24,25)12-31)27-21-17-10-15(30-6-8-32-9-7-30)11-26-20(17)14(2)28-29-21/h3-5,10-11,13,31H,6-9,12H2,1-2H3,(H,27,29)/t13-/m1/s1. The molecule has 1 atom stereocenters. The Kier molecular flexibility index (Phi) is 6.16. The van der Waals surface area contributed by atoms with E-state index in [9.17, 15) is 13.2 Å². The summed E-state index contributed by atoms with van der Waals surface area (Å²) in [5.41, 5.74) is 1.38. The van der Waals surface area contributed by atoms with Crippen molar-refractivity contribution in [3.05, 3.63) is 53.1 Å². The number of nitrogens with one attached hydrogen (secondary N) is 1. The third kappa shape index (κ3) is 4.20. The lowest BCUT2D eigenvalue weighted by Crippen LogP contribution is -2.36. The van der Waals surface area contributed by atoms with Gasteiger partial charge in [0.05, 0.1) is 47.9 Å². The molecule has 1 saturated heterocycles. The fourth-order valence-electron chi connectivity index (χ4n) is 3.78. The number of alkyl halides is 2. The molecule has 4 rings (SSSR count). The van der Waals surface area contributed by atoms with Gasteiger partial charge in [0.2, 0.25) is 0 Å². The molecule has 0 saturated carbocycles. The van der Waals surface area contributed by atoms with Gasteiger partial charge < -0.3 is 20.1 Å². The lowest BCUT2D eigenvalue weighted by atomic mass is 10.00. The Hall–Kier alpha value is -2.98. The van der Waals surface area contributed by atoms with Crippen LogP contribution in [0.4, 0.5) is 24.7 Å². The monoisotopic (exact) mass is 447 g/mol. The van der Waals surface area contributed by atoms with Crippen molar-refractivity contribution < 1.29 is 23.0 Å². The zero-order chi connectivity index (χ0) is 22.9. The Bertz CT molecular complexity index is 1120. The summed E-state index contributed by atoms with van der Waals surface area (Å²) >= 11 is 0. The van der Waals surface area contributed by atoms with E-state index in [1.807, 2.05) is 6.07 Å². The van der Waals surface area contributed by atoms with Crippen LogP contribution in [0.2, 0.25) is 0 Å². The van der Waals surface area contributed by atoms with Crippen LogP contribution in [-0.2, 0) is 10.7 Å². The van der Waals surface area contributed by atoms with Gasteiger partial charge in [0.15, 0.2) is 5.82 Å². The minimum atomic E-state index is -3.67. The molecule has 0 amide bonds. The van der Waals surface area contributed by atoms with E-state index in [1.165, 1.54) is 12.1 Å². The first-order chi connectivity index (χ1) is 15.3. The van der Waals surface area contributed by atoms with E-state index in [0.29, 0.717) is 35.6 Å². The van der Waals surface area contributed by atoms with Gasteiger partial charge >= 0.3 is 0 Å². The fraction of sp³-hybridized carbons (Fsp3) is 0.409. The lowest BCUT2D eigenvalue weighted by Gasteiger charge is -2.29. The number of aromatic nitrogens is 3. The normalized spacial score (nSPS) is 15.8. The van der Waals surface area contributed by atoms with Crippen molar-refractivity contribution in [1.82, 2.24) is 15.2 Å². The maximum atomic E-state index is 14.9. The Morgan fingerprint density at radius 2 is 2.00 bits per heavy atom. The van der Waals surface area contributed by atoms with Gasteiger partial charge in [-0.15, -0.1) is 5.10 Å². The molecule has 1 aromatic carbocycles. The number of nitrogens with zero attached hydrogens (tertiary/aromatic N) is 4. The number of aryl methyl sites for hydroxylation is 1. The number of halogens is 3. The molecule has 0 aliphatic carbocycles. The highest BCUT2D eigenvalue weighted by Crippen LogP contribution is 2.34. The van der Waals surface area contributed by atoms with E-state index in [4.69, 9.17) is 9.84 Å². The van der Waals surface area contributed by atoms with Crippen LogP contribution >= 0.6 is 0 Å². The lowest BCUT2D eigenvalue weighted by molar-refractivity contribution is -0.0583. The van der Waals surface area contributed by atoms with Crippen molar-refractivity contribution in [3.8, 4) is 0 Å². The molecule has 1 fully saturated rings. The van der Waals surface area contributed by atoms with Crippen molar-refractivity contribution in [3.63, 3.8) is 0 Å². The molecular weight excluding hydrogens is 423 g/mol. The molecule has 0 spiro atoms. The van der Waals surface area contributed by atoms with E-state index in [1.54, 1.807) is 20.0 Å². The SMILES string of the molecule is Cc1nnc(N[C@H](C)c2cccc(C(F)(F)CO)c2F)c2cc(N3CCOCC3)cnc12. The van der Waals surface area contributed by atoms with Gasteiger partial charge in [0.1, 0.15) is 12.4 Å². The number of aliphatic hydroxyl groups excluding tert-OH is 1. The van der Waals surface area contributed by atoms with Gasteiger partial charge in [-0.25, -0.2) is 4.39 Å². The summed E-state index contributed by atoms with van der Waals surface area (Å²) in [7, 11) is 0. The van der Waals surface area contributed by atoms with Crippen molar-refractivity contribution >= 4 is 22.4 Å². The highest BCUT2D eigenvalue weighted by atomic mass is 19.3. The first-order valence-corrected chi connectivity index (χ1v) is 10.3. The maximum Gasteiger partial charge on any atom is 0.298 e. The number of anilines is 2. The predicted molar refractivity (Wildman–Crippen MR) is 115 cm³/mol. The third-order valence-electron chi connectivity index (χ3n) is 5.59. The molecule has 0 bridgehead atoms. The highest BCUT2D eigenvalue weighted by molar-refractivity contribution is 5.92. The van der Waals surface area contributed by atoms with Gasteiger partial charge in [-0.1, -0.05) is 12.1 Å². The minimum absolute atomic E-state index is 0.0310. The highest BCUT2D eigenvalue weighted by Gasteiger charge is 2.35. The van der Waals surface area contributed by atoms with Crippen LogP contribution in [0.1, 0.15) is 29.8 Å². The molecule has 7 nitrogen and oxygen atoms in total. The fourth-order valence-corrected chi connectivity index (χ4v) is 3.78. The second-order valence-corrected chi connectivity index (χ2v) is 7.76. The van der Waals surface area contributed by atoms with Crippen LogP contribution in [0.25, 0.3) is 10.9 Å². The van der Waals surface area contributed by atoms with E-state index < -0.39 is 30.0 Å². The molecular formula is C22H24F3N5O2. The second kappa shape index (κ2) is 8.87. The van der Waals surface area contributed by atoms with E-state index >= 15 is 0 Å². The van der Waals surface area contributed by atoms with Gasteiger partial charge in [0.25, 0.3) is 5.92 Å². The van der Waals surface area contributed by atoms with Crippen molar-refractivity contribution in [2.75, 3.05) is 43.1 Å². The number of pyridine rings is 1. The van der Waals surface area contributed by atoms with Crippen molar-refractivity contribution in [1.29, 1.82) is 0 Å². The zero-order valence-electron chi connectivity index (χ0n) is 17.8. The van der Waals surface area contributed by atoms with Crippen LogP contribution in [0.5, 0.6) is 0 Å². The average molecular weight is 447 g/mol. The summed E-state index contributed by atoms with van der Waals surface area (Å²) in [6, 6.07) is 4.98. The number of hydrogen-bond acceptors (Lipinski definition) is 7. The van der Waals surface area contributed by atoms with Gasteiger partial charge in [-0.3, -0.25) is 4.98 Å². The van der Waals surface area contributed by atoms with Crippen molar-refractivity contribution in [2.45, 2.75) is 25.8 Å². The minimum Gasteiger partial charge on any atom is -0.390 e. The number of rotatable bonds is 6. The average Bonchev–Trinajstić information content (AvgIpc) is 2.81. The Morgan fingerprint density at radius 3 is 2.72 bits per heavy atom. The number of hydrogen-bond donors (Lipinski definition) is 2. The van der Waals surface area contributed by atoms with Crippen LogP contribution < -0.4 is 10.2 Å². The largest absolute Gasteiger partial charge is 0.390 e. The molecule has 170 valence electrons. The van der Waals surface area contributed by atoms with Crippen LogP contribution in [0.15, 0.2) is 30.5 Å². The van der Waals surface area contributed by atoms with Crippen molar-refractivity contribution in [2.24, 2.45) is 0 Å². The Labute approximate surface area is 183 Å². The number of fused-ring (bicyclic) bond motifs is 1. The third-order valence-corrected chi connectivity index (χ3v) is 5.59. The van der Waals surface area contributed by atoms with Gasteiger partial charge in [-0.2, -0.15) is 13.9 Å². The quantitative estimate of drug-likeness (QED) is 0.598. The molecule has 1 aliphatic rings. The van der Waals surface area contributed by atoms with Crippen LogP contribution in [0, 0.1) is 12.7 Å². The number of aliphatic hydroxyl groups is 1. The van der Waals surface area contributed by atoms with Crippen LogP contribution in [-0.4, -0.2) is 53.2 Å². The predicted octanol–water partition coefficient (Wildman–Crippen LogP) is 3.57. The molecule has 10 heteroatoms. The Morgan fingerprint density at radius 1 is 1.25 bits per heavy atom. The molecule has 2 N–H and O–H groups in total. The molecule has 32 heavy (non-hydrogen) atoms. The summed E-state index contributed by atoms with van der Waals surface area (Å²) in [5.74, 6) is -4.37. The first kappa shape index (κ1) is 22.2. The number of morpholine rings is 1. The smallest absolute Gasteiger partial charge is 0.298 e. The van der Waals surface area contributed by atoms with E-state index in [-0.39, 0.29) is 5.56 Å². The summed E-state index contributed by atoms with van der Waals surface area (Å²) in [4.78, 5) is 6.70. The zero-order valence-corrected chi connectivity index (χ0v) is 17.8. The second-order valence-electron chi connectivity index (χ2n) is 7.76. The maximum absolute atomic E-state index is 14.9. The van der Waals surface area contributed by atoms with E-state index in [0.717, 1.165) is 24.8 Å². The molecule has 3 aromatic rings. The molecule has 0 radical (unpaired) electrons. The summed E-state index contributed by atoms with van der Waals surface area (Å²) < 4.78 is 48.2.